The molecule has 0 N–H and O–H groups in total. The summed E-state index contributed by atoms with van der Waals surface area (Å²) in [5, 5.41) is 2.28. The quantitative estimate of drug-likeness (QED) is 0.0909. The van der Waals surface area contributed by atoms with Gasteiger partial charge < -0.3 is 9.30 Å². The summed E-state index contributed by atoms with van der Waals surface area (Å²) in [6.45, 7) is 13.7. The molecule has 2 aromatic heterocycles. The SMILES string of the molecule is CC(C)Cc1ccnc(-n2c3[c-]c(Oc4[c-]c([N+]56[CH-][N@+]5(c5cccc(C(C)(C)C)c5)c5ccccc56)ccc4)ccc3c3ccccc32)c1.[Pt]. The minimum absolute atomic E-state index is 0. The first-order valence-electron chi connectivity index (χ1n) is 17.2. The van der Waals surface area contributed by atoms with Crippen LogP contribution in [-0.2, 0) is 32.9 Å². The van der Waals surface area contributed by atoms with Crippen LogP contribution in [0.15, 0.2) is 121 Å². The molecule has 0 radical (unpaired) electrons. The van der Waals surface area contributed by atoms with Gasteiger partial charge in [-0.1, -0.05) is 88.7 Å². The van der Waals surface area contributed by atoms with Crippen LogP contribution in [0.3, 0.4) is 0 Å². The Balaban J connectivity index is 0.00000361. The minimum Gasteiger partial charge on any atom is -0.509 e. The van der Waals surface area contributed by atoms with Gasteiger partial charge in [0.05, 0.1) is 5.69 Å². The summed E-state index contributed by atoms with van der Waals surface area (Å²) in [6.07, 6.45) is 2.92. The Morgan fingerprint density at radius 3 is 2.30 bits per heavy atom. The fourth-order valence-corrected chi connectivity index (χ4v) is 7.78. The van der Waals surface area contributed by atoms with Crippen LogP contribution >= 0.6 is 0 Å². The van der Waals surface area contributed by atoms with Gasteiger partial charge in [-0.05, 0) is 52.5 Å². The van der Waals surface area contributed by atoms with Gasteiger partial charge in [0, 0.05) is 68.5 Å². The number of hydrogen-bond acceptors (Lipinski definition) is 2. The number of benzene rings is 5. The zero-order chi connectivity index (χ0) is 33.5. The van der Waals surface area contributed by atoms with Gasteiger partial charge in [0.15, 0.2) is 12.4 Å². The van der Waals surface area contributed by atoms with E-state index in [1.807, 2.05) is 18.3 Å². The molecular formula is C44H39N4OPt-. The predicted octanol–water partition coefficient (Wildman–Crippen LogP) is 11.4. The van der Waals surface area contributed by atoms with Gasteiger partial charge in [0.1, 0.15) is 5.82 Å². The Morgan fingerprint density at radius 2 is 1.50 bits per heavy atom. The molecule has 6 heteroatoms. The number of quaternary nitrogens is 2. The Bertz CT molecular complexity index is 2420. The van der Waals surface area contributed by atoms with E-state index in [9.17, 15) is 0 Å². The van der Waals surface area contributed by atoms with Crippen LogP contribution in [0.1, 0.15) is 45.7 Å². The number of aromatic nitrogens is 2. The van der Waals surface area contributed by atoms with Gasteiger partial charge >= 0.3 is 0 Å². The van der Waals surface area contributed by atoms with Crippen molar-refractivity contribution >= 4 is 44.6 Å². The summed E-state index contributed by atoms with van der Waals surface area (Å²) in [6, 6.07) is 48.2. The van der Waals surface area contributed by atoms with E-state index in [1.54, 1.807) is 0 Å². The van der Waals surface area contributed by atoms with Gasteiger partial charge in [-0.2, -0.15) is 16.7 Å². The van der Waals surface area contributed by atoms with Gasteiger partial charge in [-0.15, -0.1) is 29.7 Å². The molecule has 0 bridgehead atoms. The van der Waals surface area contributed by atoms with Crippen LogP contribution in [0.4, 0.5) is 22.7 Å². The van der Waals surface area contributed by atoms with Crippen LogP contribution in [0.5, 0.6) is 11.5 Å². The first-order chi connectivity index (χ1) is 23.7. The van der Waals surface area contributed by atoms with Crippen molar-refractivity contribution in [2.45, 2.75) is 46.5 Å². The van der Waals surface area contributed by atoms with Crippen LogP contribution in [0, 0.1) is 24.7 Å². The maximum absolute atomic E-state index is 6.59. The fraction of sp³-hybridized carbons (Fsp3) is 0.182. The molecule has 1 fully saturated rings. The summed E-state index contributed by atoms with van der Waals surface area (Å²) in [5.41, 5.74) is 9.55. The monoisotopic (exact) mass is 834 g/mol. The average molecular weight is 835 g/mol. The molecule has 0 aliphatic carbocycles. The third-order valence-electron chi connectivity index (χ3n) is 10.1. The molecule has 5 aromatic carbocycles. The van der Waals surface area contributed by atoms with Crippen molar-refractivity contribution in [3.63, 3.8) is 0 Å². The number of pyridine rings is 1. The first-order valence-corrected chi connectivity index (χ1v) is 17.2. The summed E-state index contributed by atoms with van der Waals surface area (Å²) in [5.74, 6) is 2.75. The number of hydrogen-bond donors (Lipinski definition) is 0. The normalized spacial score (nSPS) is 19.1. The van der Waals surface area contributed by atoms with Crippen LogP contribution < -0.4 is 13.9 Å². The number of nitrogens with zero attached hydrogens (tertiary/aromatic N) is 4. The molecule has 1 saturated heterocycles. The predicted molar refractivity (Wildman–Crippen MR) is 200 cm³/mol. The molecule has 0 saturated carbocycles. The van der Waals surface area contributed by atoms with Gasteiger partial charge in [-0.25, -0.2) is 9.58 Å². The third kappa shape index (κ3) is 4.82. The van der Waals surface area contributed by atoms with Crippen molar-refractivity contribution < 1.29 is 25.8 Å². The second-order valence-electron chi connectivity index (χ2n) is 14.8. The van der Waals surface area contributed by atoms with Crippen molar-refractivity contribution in [1.29, 1.82) is 0 Å². The molecule has 50 heavy (non-hydrogen) atoms. The number of para-hydroxylation sites is 3. The molecule has 252 valence electrons. The van der Waals surface area contributed by atoms with Gasteiger partial charge in [0.2, 0.25) is 11.4 Å². The summed E-state index contributed by atoms with van der Waals surface area (Å²) in [7, 11) is 0. The molecule has 0 spiro atoms. The van der Waals surface area contributed by atoms with E-state index in [0.717, 1.165) is 34.3 Å². The molecule has 9 rings (SSSR count). The van der Waals surface area contributed by atoms with Gasteiger partial charge in [-0.3, -0.25) is 0 Å². The summed E-state index contributed by atoms with van der Waals surface area (Å²) in [4.78, 5) is 4.82. The Morgan fingerprint density at radius 1 is 0.760 bits per heavy atom. The standard InChI is InChI=1S/C44H39N4O.Pt/c1-30(2)24-31-22-23-45-43(25-31)46-39-17-7-6-16-37(39)38-21-20-36(28-40(38)46)49-35-15-11-14-34(27-35)48-29-47(48,41-18-8-9-19-42(41)48)33-13-10-12-32(26-33)44(3,4)5;/h6-23,25-26,29-30H,24H2,1-5H3;/q-1;/t47-,48?;/m0./s1. The maximum atomic E-state index is 6.59. The van der Waals surface area contributed by atoms with E-state index in [1.165, 1.54) is 33.6 Å². The van der Waals surface area contributed by atoms with Crippen molar-refractivity contribution in [3.05, 3.63) is 151 Å². The van der Waals surface area contributed by atoms with Crippen molar-refractivity contribution in [1.82, 2.24) is 18.7 Å². The van der Waals surface area contributed by atoms with E-state index in [-0.39, 0.29) is 26.5 Å². The molecule has 0 amide bonds. The van der Waals surface area contributed by atoms with E-state index < -0.39 is 0 Å². The second-order valence-corrected chi connectivity index (χ2v) is 14.8. The molecular weight excluding hydrogens is 796 g/mol. The van der Waals surface area contributed by atoms with Crippen molar-refractivity contribution in [2.75, 3.05) is 0 Å². The molecule has 7 aromatic rings. The molecule has 4 heterocycles. The number of rotatable bonds is 7. The van der Waals surface area contributed by atoms with Gasteiger partial charge in [0.25, 0.3) is 0 Å². The Labute approximate surface area is 308 Å². The molecule has 5 nitrogen and oxygen atoms in total. The second kappa shape index (κ2) is 11.8. The minimum atomic E-state index is 0. The van der Waals surface area contributed by atoms with Crippen LogP contribution in [-0.4, -0.2) is 9.55 Å². The average Bonchev–Trinajstić information content (AvgIpc) is 3.59. The molecule has 2 aliphatic rings. The smallest absolute Gasteiger partial charge is 0.225 e. The largest absolute Gasteiger partial charge is 0.509 e. The van der Waals surface area contributed by atoms with E-state index in [0.29, 0.717) is 26.6 Å². The van der Waals surface area contributed by atoms with Crippen LogP contribution in [0.25, 0.3) is 27.6 Å². The first kappa shape index (κ1) is 32.7. The topological polar surface area (TPSA) is 27.1 Å². The number of ether oxygens (including phenoxy) is 1. The molecule has 2 atom stereocenters. The third-order valence-corrected chi connectivity index (χ3v) is 10.1. The zero-order valence-corrected chi connectivity index (χ0v) is 31.2. The van der Waals surface area contributed by atoms with E-state index in [2.05, 4.69) is 161 Å². The summed E-state index contributed by atoms with van der Waals surface area (Å²) >= 11 is 0. The fourth-order valence-electron chi connectivity index (χ4n) is 7.78. The molecule has 1 unspecified atom stereocenters. The Kier molecular flexibility index (Phi) is 7.69. The number of fused-ring (bicyclic) bond motifs is 7. The van der Waals surface area contributed by atoms with Crippen LogP contribution in [0.2, 0.25) is 0 Å². The maximum Gasteiger partial charge on any atom is 0.225 e. The van der Waals surface area contributed by atoms with E-state index in [4.69, 9.17) is 9.72 Å². The molecule has 2 aliphatic heterocycles. The summed E-state index contributed by atoms with van der Waals surface area (Å²) < 4.78 is 10.0. The Hall–Kier alpha value is -4.54. The van der Waals surface area contributed by atoms with Crippen molar-refractivity contribution in [2.24, 2.45) is 5.92 Å². The van der Waals surface area contributed by atoms with E-state index >= 15 is 0 Å². The van der Waals surface area contributed by atoms with Crippen molar-refractivity contribution in [3.8, 4) is 17.3 Å². The zero-order valence-electron chi connectivity index (χ0n) is 28.9.